The molecule has 0 atom stereocenters. The second kappa shape index (κ2) is 7.74. The van der Waals surface area contributed by atoms with Crippen LogP contribution >= 0.6 is 0 Å². The van der Waals surface area contributed by atoms with Gasteiger partial charge in [-0.25, -0.2) is 4.98 Å². The number of fused-ring (bicyclic) bond motifs is 3. The van der Waals surface area contributed by atoms with Gasteiger partial charge in [-0.15, -0.1) is 0 Å². The van der Waals surface area contributed by atoms with Crippen molar-refractivity contribution in [2.45, 2.75) is 19.0 Å². The predicted molar refractivity (Wildman–Crippen MR) is 108 cm³/mol. The summed E-state index contributed by atoms with van der Waals surface area (Å²) in [6, 6.07) is 15.3. The Hall–Kier alpha value is -3.48. The van der Waals surface area contributed by atoms with E-state index in [4.69, 9.17) is 4.74 Å². The molecule has 0 radical (unpaired) electrons. The van der Waals surface area contributed by atoms with Crippen LogP contribution in [0.25, 0.3) is 21.8 Å². The van der Waals surface area contributed by atoms with E-state index in [1.165, 1.54) is 13.3 Å². The highest BCUT2D eigenvalue weighted by molar-refractivity contribution is 6.07. The number of halogens is 3. The average molecular weight is 410 g/mol. The molecule has 0 spiro atoms. The predicted octanol–water partition coefficient (Wildman–Crippen LogP) is 5.63. The molecule has 0 aliphatic carbocycles. The van der Waals surface area contributed by atoms with Crippen molar-refractivity contribution >= 4 is 27.6 Å². The highest BCUT2D eigenvalue weighted by Gasteiger charge is 2.37. The molecule has 0 unspecified atom stereocenters. The Morgan fingerprint density at radius 3 is 2.43 bits per heavy atom. The zero-order valence-corrected chi connectivity index (χ0v) is 16.0. The molecule has 4 nitrogen and oxygen atoms in total. The molecule has 0 fully saturated rings. The van der Waals surface area contributed by atoms with Crippen LogP contribution in [0.4, 0.5) is 13.2 Å². The van der Waals surface area contributed by atoms with Crippen molar-refractivity contribution in [2.75, 3.05) is 7.11 Å². The molecule has 4 rings (SSSR count). The minimum Gasteiger partial charge on any atom is -0.480 e. The molecular formula is C23H17F3N2O2. The van der Waals surface area contributed by atoms with Crippen molar-refractivity contribution < 1.29 is 22.7 Å². The number of para-hydroxylation sites is 1. The van der Waals surface area contributed by atoms with Gasteiger partial charge in [0.05, 0.1) is 29.1 Å². The van der Waals surface area contributed by atoms with E-state index in [1.54, 1.807) is 54.6 Å². The monoisotopic (exact) mass is 410 g/mol. The Kier molecular flexibility index (Phi) is 5.11. The van der Waals surface area contributed by atoms with Crippen LogP contribution in [0.15, 0.2) is 60.8 Å². The van der Waals surface area contributed by atoms with Gasteiger partial charge in [0.2, 0.25) is 5.88 Å². The zero-order valence-electron chi connectivity index (χ0n) is 16.0. The second-order valence-corrected chi connectivity index (χ2v) is 6.81. The van der Waals surface area contributed by atoms with E-state index in [1.807, 2.05) is 0 Å². The van der Waals surface area contributed by atoms with Crippen LogP contribution in [0.1, 0.15) is 27.9 Å². The Balaban J connectivity index is 1.86. The number of rotatable bonds is 5. The Labute approximate surface area is 170 Å². The summed E-state index contributed by atoms with van der Waals surface area (Å²) in [6.45, 7) is 0. The molecule has 2 aromatic heterocycles. The fraction of sp³-hybridized carbons (Fsp3) is 0.174. The van der Waals surface area contributed by atoms with E-state index >= 15 is 0 Å². The van der Waals surface area contributed by atoms with E-state index in [-0.39, 0.29) is 41.0 Å². The lowest BCUT2D eigenvalue weighted by atomic mass is 9.96. The van der Waals surface area contributed by atoms with E-state index in [9.17, 15) is 18.0 Å². The summed E-state index contributed by atoms with van der Waals surface area (Å²) in [5.41, 5.74) is 0.209. The summed E-state index contributed by atoms with van der Waals surface area (Å²) < 4.78 is 47.6. The molecule has 0 aliphatic rings. The maximum atomic E-state index is 14.1. The minimum absolute atomic E-state index is 0.0605. The van der Waals surface area contributed by atoms with Gasteiger partial charge in [-0.1, -0.05) is 48.5 Å². The Morgan fingerprint density at radius 1 is 1.03 bits per heavy atom. The van der Waals surface area contributed by atoms with E-state index in [0.717, 1.165) is 0 Å². The third kappa shape index (κ3) is 3.58. The van der Waals surface area contributed by atoms with Gasteiger partial charge in [0.25, 0.3) is 0 Å². The third-order valence-corrected chi connectivity index (χ3v) is 4.95. The van der Waals surface area contributed by atoms with Crippen LogP contribution in [0.3, 0.4) is 0 Å². The van der Waals surface area contributed by atoms with Crippen molar-refractivity contribution in [3.05, 3.63) is 77.5 Å². The van der Waals surface area contributed by atoms with Crippen LogP contribution in [0, 0.1) is 0 Å². The van der Waals surface area contributed by atoms with Gasteiger partial charge >= 0.3 is 6.18 Å². The lowest BCUT2D eigenvalue weighted by Gasteiger charge is -2.18. The lowest BCUT2D eigenvalue weighted by molar-refractivity contribution is -0.137. The van der Waals surface area contributed by atoms with Crippen LogP contribution < -0.4 is 4.74 Å². The van der Waals surface area contributed by atoms with E-state index in [2.05, 4.69) is 9.97 Å². The number of carbonyl (C=O) groups excluding carboxylic acids is 1. The largest absolute Gasteiger partial charge is 0.480 e. The van der Waals surface area contributed by atoms with Gasteiger partial charge in [-0.05, 0) is 18.1 Å². The number of benzene rings is 2. The van der Waals surface area contributed by atoms with Crippen molar-refractivity contribution in [2.24, 2.45) is 0 Å². The van der Waals surface area contributed by atoms with Crippen molar-refractivity contribution in [3.63, 3.8) is 0 Å². The second-order valence-electron chi connectivity index (χ2n) is 6.81. The molecule has 0 bridgehead atoms. The summed E-state index contributed by atoms with van der Waals surface area (Å²) in [4.78, 5) is 21.0. The third-order valence-electron chi connectivity index (χ3n) is 4.95. The fourth-order valence-electron chi connectivity index (χ4n) is 3.58. The molecule has 0 amide bonds. The summed E-state index contributed by atoms with van der Waals surface area (Å²) >= 11 is 0. The average Bonchev–Trinajstić information content (AvgIpc) is 2.76. The Bertz CT molecular complexity index is 1240. The van der Waals surface area contributed by atoms with Gasteiger partial charge in [-0.3, -0.25) is 9.78 Å². The van der Waals surface area contributed by atoms with Crippen LogP contribution in [0.2, 0.25) is 0 Å². The number of hydrogen-bond acceptors (Lipinski definition) is 4. The van der Waals surface area contributed by atoms with Gasteiger partial charge in [0.1, 0.15) is 0 Å². The summed E-state index contributed by atoms with van der Waals surface area (Å²) in [5.74, 6) is -0.368. The topological polar surface area (TPSA) is 52.1 Å². The smallest absolute Gasteiger partial charge is 0.417 e. The van der Waals surface area contributed by atoms with Gasteiger partial charge in [-0.2, -0.15) is 13.2 Å². The fourth-order valence-corrected chi connectivity index (χ4v) is 3.58. The highest BCUT2D eigenvalue weighted by Crippen LogP contribution is 2.42. The SMILES string of the molecule is COc1nc2ccccc2c2ncc(CCC(=O)c3ccccc3)c(C(F)(F)F)c12. The number of carbonyl (C=O) groups is 1. The molecule has 7 heteroatoms. The van der Waals surface area contributed by atoms with Crippen molar-refractivity contribution in [3.8, 4) is 5.88 Å². The van der Waals surface area contributed by atoms with Crippen molar-refractivity contribution in [1.29, 1.82) is 0 Å². The van der Waals surface area contributed by atoms with Crippen LogP contribution in [0.5, 0.6) is 5.88 Å². The number of ketones is 1. The van der Waals surface area contributed by atoms with Crippen LogP contribution in [-0.2, 0) is 12.6 Å². The normalized spacial score (nSPS) is 11.7. The van der Waals surface area contributed by atoms with Gasteiger partial charge < -0.3 is 4.74 Å². The first kappa shape index (κ1) is 19.8. The highest BCUT2D eigenvalue weighted by atomic mass is 19.4. The minimum atomic E-state index is -4.66. The maximum absolute atomic E-state index is 14.1. The van der Waals surface area contributed by atoms with E-state index < -0.39 is 11.7 Å². The number of alkyl halides is 3. The zero-order chi connectivity index (χ0) is 21.3. The molecule has 0 N–H and O–H groups in total. The van der Waals surface area contributed by atoms with E-state index in [0.29, 0.717) is 16.5 Å². The Morgan fingerprint density at radius 2 is 1.73 bits per heavy atom. The molecule has 0 saturated carbocycles. The number of methoxy groups -OCH3 is 1. The van der Waals surface area contributed by atoms with Gasteiger partial charge in [0.15, 0.2) is 5.78 Å². The molecule has 2 heterocycles. The van der Waals surface area contributed by atoms with Crippen molar-refractivity contribution in [1.82, 2.24) is 9.97 Å². The number of aryl methyl sites for hydroxylation is 1. The van der Waals surface area contributed by atoms with Crippen LogP contribution in [-0.4, -0.2) is 22.9 Å². The first-order valence-corrected chi connectivity index (χ1v) is 9.30. The standard InChI is InChI=1S/C23H17F3N2O2/c1-30-22-19-20(23(24,25)26)15(11-12-18(29)14-7-3-2-4-8-14)13-27-21(19)16-9-5-6-10-17(16)28-22/h2-10,13H,11-12H2,1H3. The van der Waals surface area contributed by atoms with Gasteiger partial charge in [0, 0.05) is 23.6 Å². The molecule has 4 aromatic rings. The maximum Gasteiger partial charge on any atom is 0.417 e. The molecular weight excluding hydrogens is 393 g/mol. The number of Topliss-reactive ketones (excluding diaryl/α,β-unsaturated/α-hetero) is 1. The molecule has 0 saturated heterocycles. The first-order chi connectivity index (χ1) is 14.4. The molecule has 30 heavy (non-hydrogen) atoms. The molecule has 152 valence electrons. The quantitative estimate of drug-likeness (QED) is 0.316. The number of ether oxygens (including phenoxy) is 1. The number of aromatic nitrogens is 2. The number of hydrogen-bond donors (Lipinski definition) is 0. The summed E-state index contributed by atoms with van der Waals surface area (Å²) in [5, 5.41) is 0.319. The summed E-state index contributed by atoms with van der Waals surface area (Å²) in [6.07, 6.45) is -3.62. The number of nitrogens with zero attached hydrogens (tertiary/aromatic N) is 2. The molecule has 0 aliphatic heterocycles. The molecule has 2 aromatic carbocycles. The lowest BCUT2D eigenvalue weighted by Crippen LogP contribution is -2.13. The summed E-state index contributed by atoms with van der Waals surface area (Å²) in [7, 11) is 1.28. The number of pyridine rings is 2. The first-order valence-electron chi connectivity index (χ1n) is 9.30.